The van der Waals surface area contributed by atoms with Crippen molar-refractivity contribution in [2.75, 3.05) is 13.6 Å². The second-order valence-electron chi connectivity index (χ2n) is 6.03. The van der Waals surface area contributed by atoms with E-state index in [1.54, 1.807) is 0 Å². The molecular formula is C15H30N2. The first-order chi connectivity index (χ1) is 8.31. The van der Waals surface area contributed by atoms with Crippen LogP contribution in [-0.4, -0.2) is 36.6 Å². The molecule has 2 aliphatic rings. The van der Waals surface area contributed by atoms with Crippen molar-refractivity contribution in [3.05, 3.63) is 0 Å². The number of hydrogen-bond acceptors (Lipinski definition) is 2. The minimum Gasteiger partial charge on any atom is -0.314 e. The van der Waals surface area contributed by atoms with Gasteiger partial charge in [0.15, 0.2) is 0 Å². The van der Waals surface area contributed by atoms with Gasteiger partial charge >= 0.3 is 0 Å². The summed E-state index contributed by atoms with van der Waals surface area (Å²) < 4.78 is 0. The molecule has 2 nitrogen and oxygen atoms in total. The molecule has 2 unspecified atom stereocenters. The lowest BCUT2D eigenvalue weighted by Crippen LogP contribution is -2.47. The van der Waals surface area contributed by atoms with Gasteiger partial charge in [0.25, 0.3) is 0 Å². The maximum Gasteiger partial charge on any atom is 0.0110 e. The maximum absolute atomic E-state index is 3.65. The summed E-state index contributed by atoms with van der Waals surface area (Å²) in [5.74, 6) is 0. The summed E-state index contributed by atoms with van der Waals surface area (Å²) in [6, 6.07) is 2.51. The van der Waals surface area contributed by atoms with Gasteiger partial charge in [0, 0.05) is 18.1 Å². The second kappa shape index (κ2) is 6.75. The minimum atomic E-state index is 0.782. The normalized spacial score (nSPS) is 31.9. The lowest BCUT2D eigenvalue weighted by atomic mass is 9.87. The lowest BCUT2D eigenvalue weighted by molar-refractivity contribution is 0.1000. The van der Waals surface area contributed by atoms with Gasteiger partial charge in [-0.3, -0.25) is 0 Å². The summed E-state index contributed by atoms with van der Waals surface area (Å²) in [4.78, 5) is 2.72. The molecule has 2 aliphatic carbocycles. The first kappa shape index (κ1) is 13.4. The molecule has 2 saturated carbocycles. The fourth-order valence-corrected chi connectivity index (χ4v) is 3.79. The molecule has 0 radical (unpaired) electrons. The molecule has 0 spiro atoms. The van der Waals surface area contributed by atoms with Gasteiger partial charge in [0.1, 0.15) is 0 Å². The molecule has 0 saturated heterocycles. The Labute approximate surface area is 107 Å². The molecule has 0 aromatic rings. The first-order valence-corrected chi connectivity index (χ1v) is 7.76. The van der Waals surface area contributed by atoms with E-state index in [9.17, 15) is 0 Å². The quantitative estimate of drug-likeness (QED) is 0.809. The zero-order chi connectivity index (χ0) is 12.1. The summed E-state index contributed by atoms with van der Waals surface area (Å²) >= 11 is 0. The van der Waals surface area contributed by atoms with Crippen LogP contribution in [0.25, 0.3) is 0 Å². The molecular weight excluding hydrogens is 208 g/mol. The van der Waals surface area contributed by atoms with E-state index >= 15 is 0 Å². The molecule has 0 heterocycles. The Morgan fingerprint density at radius 1 is 0.941 bits per heavy atom. The van der Waals surface area contributed by atoms with Crippen LogP contribution in [-0.2, 0) is 0 Å². The van der Waals surface area contributed by atoms with Crippen molar-refractivity contribution >= 4 is 0 Å². The van der Waals surface area contributed by atoms with Gasteiger partial charge in [-0.05, 0) is 45.7 Å². The number of nitrogens with zero attached hydrogens (tertiary/aromatic N) is 1. The van der Waals surface area contributed by atoms with Crippen molar-refractivity contribution in [1.29, 1.82) is 0 Å². The first-order valence-electron chi connectivity index (χ1n) is 7.76. The number of rotatable bonds is 4. The van der Waals surface area contributed by atoms with Gasteiger partial charge in [0.05, 0.1) is 0 Å². The average Bonchev–Trinajstić information content (AvgIpc) is 2.40. The molecule has 1 N–H and O–H groups in total. The molecule has 2 rings (SSSR count). The van der Waals surface area contributed by atoms with Gasteiger partial charge in [0.2, 0.25) is 0 Å². The van der Waals surface area contributed by atoms with Crippen molar-refractivity contribution in [1.82, 2.24) is 10.2 Å². The van der Waals surface area contributed by atoms with Gasteiger partial charge in [-0.1, -0.05) is 32.6 Å². The Hall–Kier alpha value is -0.0800. The summed E-state index contributed by atoms with van der Waals surface area (Å²) in [5.41, 5.74) is 0. The van der Waals surface area contributed by atoms with Crippen molar-refractivity contribution in [3.63, 3.8) is 0 Å². The van der Waals surface area contributed by atoms with Crippen LogP contribution in [0.4, 0.5) is 0 Å². The van der Waals surface area contributed by atoms with E-state index in [2.05, 4.69) is 24.2 Å². The number of nitrogens with one attached hydrogen (secondary N) is 1. The maximum atomic E-state index is 3.65. The third-order valence-electron chi connectivity index (χ3n) is 4.87. The van der Waals surface area contributed by atoms with Gasteiger partial charge in [-0.25, -0.2) is 0 Å². The predicted molar refractivity (Wildman–Crippen MR) is 74.4 cm³/mol. The Morgan fingerprint density at radius 2 is 1.65 bits per heavy atom. The molecule has 2 heteroatoms. The summed E-state index contributed by atoms with van der Waals surface area (Å²) in [7, 11) is 2.38. The van der Waals surface area contributed by atoms with Crippen LogP contribution in [0.15, 0.2) is 0 Å². The molecule has 2 fully saturated rings. The molecule has 2 atom stereocenters. The smallest absolute Gasteiger partial charge is 0.0110 e. The van der Waals surface area contributed by atoms with Crippen LogP contribution in [0, 0.1) is 0 Å². The summed E-state index contributed by atoms with van der Waals surface area (Å²) in [6.07, 6.45) is 12.9. The van der Waals surface area contributed by atoms with Crippen LogP contribution >= 0.6 is 0 Å². The molecule has 100 valence electrons. The zero-order valence-corrected chi connectivity index (χ0v) is 11.8. The largest absolute Gasteiger partial charge is 0.314 e. The molecule has 0 bridgehead atoms. The minimum absolute atomic E-state index is 0.782. The molecule has 0 amide bonds. The topological polar surface area (TPSA) is 15.3 Å². The highest BCUT2D eigenvalue weighted by atomic mass is 15.2. The molecule has 0 aromatic heterocycles. The average molecular weight is 238 g/mol. The van der Waals surface area contributed by atoms with E-state index in [1.165, 1.54) is 57.8 Å². The highest BCUT2D eigenvalue weighted by molar-refractivity contribution is 4.86. The van der Waals surface area contributed by atoms with Gasteiger partial charge in [-0.15, -0.1) is 0 Å². The van der Waals surface area contributed by atoms with E-state index in [0.29, 0.717) is 0 Å². The SMILES string of the molecule is CCNC1CCCC(N(C)C2CCCCC2)C1. The number of hydrogen-bond donors (Lipinski definition) is 1. The highest BCUT2D eigenvalue weighted by Gasteiger charge is 2.28. The fourth-order valence-electron chi connectivity index (χ4n) is 3.79. The predicted octanol–water partition coefficient (Wildman–Crippen LogP) is 3.17. The van der Waals surface area contributed by atoms with Crippen LogP contribution in [0.2, 0.25) is 0 Å². The Balaban J connectivity index is 1.82. The zero-order valence-electron chi connectivity index (χ0n) is 11.8. The lowest BCUT2D eigenvalue weighted by Gasteiger charge is -2.41. The Bertz CT molecular complexity index is 209. The third-order valence-corrected chi connectivity index (χ3v) is 4.87. The Morgan fingerprint density at radius 3 is 2.35 bits per heavy atom. The van der Waals surface area contributed by atoms with Crippen LogP contribution in [0.3, 0.4) is 0 Å². The van der Waals surface area contributed by atoms with Crippen LogP contribution < -0.4 is 5.32 Å². The third kappa shape index (κ3) is 3.69. The summed E-state index contributed by atoms with van der Waals surface area (Å²) in [5, 5.41) is 3.65. The second-order valence-corrected chi connectivity index (χ2v) is 6.03. The van der Waals surface area contributed by atoms with E-state index in [-0.39, 0.29) is 0 Å². The van der Waals surface area contributed by atoms with Crippen LogP contribution in [0.5, 0.6) is 0 Å². The highest BCUT2D eigenvalue weighted by Crippen LogP contribution is 2.28. The van der Waals surface area contributed by atoms with Crippen molar-refractivity contribution in [2.45, 2.75) is 82.8 Å². The standard InChI is InChI=1S/C15H30N2/c1-3-16-13-8-7-11-15(12-13)17(2)14-9-5-4-6-10-14/h13-16H,3-12H2,1-2H3. The molecule has 0 aliphatic heterocycles. The van der Waals surface area contributed by atoms with Crippen molar-refractivity contribution < 1.29 is 0 Å². The van der Waals surface area contributed by atoms with E-state index in [1.807, 2.05) is 0 Å². The summed E-state index contributed by atoms with van der Waals surface area (Å²) in [6.45, 7) is 3.36. The van der Waals surface area contributed by atoms with Gasteiger partial charge < -0.3 is 10.2 Å². The molecule has 17 heavy (non-hydrogen) atoms. The van der Waals surface area contributed by atoms with Crippen LogP contribution in [0.1, 0.15) is 64.7 Å². The van der Waals surface area contributed by atoms with E-state index in [4.69, 9.17) is 0 Å². The monoisotopic (exact) mass is 238 g/mol. The van der Waals surface area contributed by atoms with Crippen molar-refractivity contribution in [2.24, 2.45) is 0 Å². The van der Waals surface area contributed by atoms with E-state index in [0.717, 1.165) is 24.7 Å². The van der Waals surface area contributed by atoms with Crippen molar-refractivity contribution in [3.8, 4) is 0 Å². The van der Waals surface area contributed by atoms with E-state index < -0.39 is 0 Å². The fraction of sp³-hybridized carbons (Fsp3) is 1.00. The van der Waals surface area contributed by atoms with Gasteiger partial charge in [-0.2, -0.15) is 0 Å². The Kier molecular flexibility index (Phi) is 5.30. The molecule has 0 aromatic carbocycles.